The van der Waals surface area contributed by atoms with Crippen molar-refractivity contribution in [3.63, 3.8) is 0 Å². The molecule has 5 nitrogen and oxygen atoms in total. The Balaban J connectivity index is 2.07. The van der Waals surface area contributed by atoms with E-state index in [0.29, 0.717) is 5.56 Å². The fourth-order valence-electron chi connectivity index (χ4n) is 2.94. The van der Waals surface area contributed by atoms with Crippen LogP contribution in [0.3, 0.4) is 0 Å². The Bertz CT molecular complexity index is 851. The molecule has 0 amide bonds. The Morgan fingerprint density at radius 1 is 1.09 bits per heavy atom. The molecule has 120 valence electrons. The molecule has 1 aliphatic carbocycles. The van der Waals surface area contributed by atoms with Crippen molar-refractivity contribution in [1.29, 1.82) is 0 Å². The van der Waals surface area contributed by atoms with Gasteiger partial charge in [-0.2, -0.15) is 0 Å². The SMILES string of the molecule is N[C@]1(C(=O)O)[C@@H](c2ccc(Br)cc2)[C@@H]1S(=O)(=O)c1ccccc1. The molecule has 1 saturated carbocycles. The van der Waals surface area contributed by atoms with Crippen molar-refractivity contribution in [2.24, 2.45) is 5.73 Å². The normalized spacial score (nSPS) is 26.7. The van der Waals surface area contributed by atoms with Crippen molar-refractivity contribution >= 4 is 31.7 Å². The van der Waals surface area contributed by atoms with Crippen LogP contribution in [0, 0.1) is 0 Å². The van der Waals surface area contributed by atoms with Crippen molar-refractivity contribution in [2.45, 2.75) is 21.6 Å². The summed E-state index contributed by atoms with van der Waals surface area (Å²) in [6.07, 6.45) is 0. The molecule has 7 heteroatoms. The van der Waals surface area contributed by atoms with Gasteiger partial charge in [0.05, 0.1) is 4.90 Å². The number of halogens is 1. The first kappa shape index (κ1) is 16.2. The van der Waals surface area contributed by atoms with Gasteiger partial charge < -0.3 is 10.8 Å². The van der Waals surface area contributed by atoms with Gasteiger partial charge in [0.1, 0.15) is 10.8 Å². The quantitative estimate of drug-likeness (QED) is 0.826. The molecule has 0 aromatic heterocycles. The van der Waals surface area contributed by atoms with E-state index in [-0.39, 0.29) is 4.90 Å². The van der Waals surface area contributed by atoms with Gasteiger partial charge in [0.2, 0.25) is 0 Å². The van der Waals surface area contributed by atoms with Crippen LogP contribution < -0.4 is 5.73 Å². The zero-order valence-electron chi connectivity index (χ0n) is 11.9. The first-order chi connectivity index (χ1) is 10.8. The molecule has 0 aliphatic heterocycles. The number of carboxylic acids is 1. The highest BCUT2D eigenvalue weighted by molar-refractivity contribution is 9.10. The second-order valence-corrected chi connectivity index (χ2v) is 8.53. The third kappa shape index (κ3) is 2.49. The number of hydrogen-bond donors (Lipinski definition) is 2. The minimum atomic E-state index is -3.84. The fraction of sp³-hybridized carbons (Fsp3) is 0.188. The predicted molar refractivity (Wildman–Crippen MR) is 88.9 cm³/mol. The van der Waals surface area contributed by atoms with E-state index in [9.17, 15) is 18.3 Å². The number of carbonyl (C=O) groups is 1. The number of benzene rings is 2. The molecule has 0 unspecified atom stereocenters. The van der Waals surface area contributed by atoms with Crippen LogP contribution >= 0.6 is 15.9 Å². The monoisotopic (exact) mass is 395 g/mol. The number of aliphatic carboxylic acids is 1. The van der Waals surface area contributed by atoms with Gasteiger partial charge in [-0.05, 0) is 29.8 Å². The summed E-state index contributed by atoms with van der Waals surface area (Å²) in [6, 6.07) is 14.7. The highest BCUT2D eigenvalue weighted by Gasteiger charge is 2.74. The van der Waals surface area contributed by atoms with Crippen LogP contribution in [0.25, 0.3) is 0 Å². The lowest BCUT2D eigenvalue weighted by Gasteiger charge is -2.06. The molecule has 0 radical (unpaired) electrons. The van der Waals surface area contributed by atoms with Crippen molar-refractivity contribution in [3.05, 3.63) is 64.6 Å². The van der Waals surface area contributed by atoms with Crippen LogP contribution in [0.5, 0.6) is 0 Å². The van der Waals surface area contributed by atoms with Gasteiger partial charge in [-0.1, -0.05) is 46.3 Å². The zero-order chi connectivity index (χ0) is 16.8. The van der Waals surface area contributed by atoms with Crippen LogP contribution in [0.4, 0.5) is 0 Å². The topological polar surface area (TPSA) is 97.5 Å². The summed E-state index contributed by atoms with van der Waals surface area (Å²) >= 11 is 3.30. The molecule has 2 aromatic carbocycles. The van der Waals surface area contributed by atoms with Crippen molar-refractivity contribution in [2.75, 3.05) is 0 Å². The van der Waals surface area contributed by atoms with Gasteiger partial charge in [-0.25, -0.2) is 8.42 Å². The molecule has 1 fully saturated rings. The van der Waals surface area contributed by atoms with Crippen molar-refractivity contribution in [1.82, 2.24) is 0 Å². The van der Waals surface area contributed by atoms with E-state index in [0.717, 1.165) is 4.47 Å². The van der Waals surface area contributed by atoms with Crippen LogP contribution in [0.15, 0.2) is 64.0 Å². The summed E-state index contributed by atoms with van der Waals surface area (Å²) in [5.74, 6) is -2.09. The lowest BCUT2D eigenvalue weighted by molar-refractivity contribution is -0.139. The number of nitrogens with two attached hydrogens (primary N) is 1. The lowest BCUT2D eigenvalue weighted by Crippen LogP contribution is -2.39. The summed E-state index contributed by atoms with van der Waals surface area (Å²) in [5, 5.41) is 8.30. The maximum atomic E-state index is 12.8. The Hall–Kier alpha value is -1.70. The van der Waals surface area contributed by atoms with Gasteiger partial charge in [0.25, 0.3) is 0 Å². The standard InChI is InChI=1S/C16H14BrNO4S/c17-11-8-6-10(7-9-11)13-14(16(13,18)15(19)20)23(21,22)12-4-2-1-3-5-12/h1-9,13-14H,18H2,(H,19,20)/t13-,14-,16+/m0/s1. The summed E-state index contributed by atoms with van der Waals surface area (Å²) in [5.41, 5.74) is 4.76. The minimum absolute atomic E-state index is 0.0840. The highest BCUT2D eigenvalue weighted by atomic mass is 79.9. The Labute approximate surface area is 142 Å². The molecule has 23 heavy (non-hydrogen) atoms. The van der Waals surface area contributed by atoms with Crippen LogP contribution in [0.1, 0.15) is 11.5 Å². The van der Waals surface area contributed by atoms with E-state index in [1.165, 1.54) is 12.1 Å². The molecule has 2 aromatic rings. The average molecular weight is 396 g/mol. The van der Waals surface area contributed by atoms with Gasteiger partial charge >= 0.3 is 5.97 Å². The first-order valence-electron chi connectivity index (χ1n) is 6.86. The van der Waals surface area contributed by atoms with E-state index >= 15 is 0 Å². The minimum Gasteiger partial charge on any atom is -0.480 e. The molecule has 3 rings (SSSR count). The predicted octanol–water partition coefficient (Wildman–Crippen LogP) is 2.17. The lowest BCUT2D eigenvalue weighted by atomic mass is 10.1. The van der Waals surface area contributed by atoms with E-state index in [1.54, 1.807) is 42.5 Å². The second kappa shape index (κ2) is 5.43. The summed E-state index contributed by atoms with van der Waals surface area (Å²) < 4.78 is 26.4. The molecule has 3 N–H and O–H groups in total. The second-order valence-electron chi connectivity index (χ2n) is 5.55. The average Bonchev–Trinajstić information content (AvgIpc) is 3.18. The summed E-state index contributed by atoms with van der Waals surface area (Å²) in [6.45, 7) is 0. The van der Waals surface area contributed by atoms with Crippen LogP contribution in [0.2, 0.25) is 0 Å². The molecule has 0 bridgehead atoms. The maximum Gasteiger partial charge on any atom is 0.325 e. The number of hydrogen-bond acceptors (Lipinski definition) is 4. The summed E-state index contributed by atoms with van der Waals surface area (Å²) in [4.78, 5) is 11.7. The Morgan fingerprint density at radius 2 is 1.65 bits per heavy atom. The molecular formula is C16H14BrNO4S. The molecule has 0 heterocycles. The molecule has 0 spiro atoms. The maximum absolute atomic E-state index is 12.8. The molecular weight excluding hydrogens is 382 g/mol. The van der Waals surface area contributed by atoms with E-state index in [2.05, 4.69) is 15.9 Å². The number of sulfone groups is 1. The van der Waals surface area contributed by atoms with E-state index in [4.69, 9.17) is 5.73 Å². The van der Waals surface area contributed by atoms with E-state index < -0.39 is 32.5 Å². The van der Waals surface area contributed by atoms with Crippen LogP contribution in [-0.4, -0.2) is 30.3 Å². The van der Waals surface area contributed by atoms with Gasteiger partial charge in [0.15, 0.2) is 9.84 Å². The third-order valence-corrected chi connectivity index (χ3v) is 6.97. The summed E-state index contributed by atoms with van der Waals surface area (Å²) in [7, 11) is -3.84. The highest BCUT2D eigenvalue weighted by Crippen LogP contribution is 2.55. The number of carboxylic acid groups (broad SMARTS) is 1. The Kier molecular flexibility index (Phi) is 3.82. The first-order valence-corrected chi connectivity index (χ1v) is 9.20. The number of rotatable bonds is 4. The largest absolute Gasteiger partial charge is 0.480 e. The Morgan fingerprint density at radius 3 is 2.17 bits per heavy atom. The van der Waals surface area contributed by atoms with Gasteiger partial charge in [0, 0.05) is 10.4 Å². The fourth-order valence-corrected chi connectivity index (χ4v) is 5.46. The van der Waals surface area contributed by atoms with E-state index in [1.807, 2.05) is 0 Å². The zero-order valence-corrected chi connectivity index (χ0v) is 14.3. The molecule has 3 atom stereocenters. The molecule has 1 aliphatic rings. The van der Waals surface area contributed by atoms with Crippen molar-refractivity contribution < 1.29 is 18.3 Å². The van der Waals surface area contributed by atoms with Gasteiger partial charge in [-0.3, -0.25) is 4.79 Å². The smallest absolute Gasteiger partial charge is 0.325 e. The third-order valence-electron chi connectivity index (χ3n) is 4.18. The molecule has 0 saturated heterocycles. The van der Waals surface area contributed by atoms with Gasteiger partial charge in [-0.15, -0.1) is 0 Å². The van der Waals surface area contributed by atoms with Crippen molar-refractivity contribution in [3.8, 4) is 0 Å². The van der Waals surface area contributed by atoms with Crippen LogP contribution in [-0.2, 0) is 14.6 Å².